The lowest BCUT2D eigenvalue weighted by molar-refractivity contribution is -0.131. The number of rotatable bonds is 5. The van der Waals surface area contributed by atoms with Crippen LogP contribution in [0.1, 0.15) is 36.8 Å². The molecular formula is C16H21N3O. The first-order valence-corrected chi connectivity index (χ1v) is 7.27. The van der Waals surface area contributed by atoms with Crippen LogP contribution in [0.15, 0.2) is 24.3 Å². The number of carbonyl (C=O) groups excluding carboxylic acids is 1. The monoisotopic (exact) mass is 271 g/mol. The van der Waals surface area contributed by atoms with Gasteiger partial charge in [-0.3, -0.25) is 4.79 Å². The minimum atomic E-state index is 0.253. The summed E-state index contributed by atoms with van der Waals surface area (Å²) in [6.45, 7) is 3.22. The number of nitriles is 1. The minimum absolute atomic E-state index is 0.253. The molecule has 20 heavy (non-hydrogen) atoms. The van der Waals surface area contributed by atoms with Gasteiger partial charge in [0.2, 0.25) is 5.91 Å². The maximum absolute atomic E-state index is 12.0. The number of nitrogens with one attached hydrogen (secondary N) is 1. The summed E-state index contributed by atoms with van der Waals surface area (Å²) in [7, 11) is 0. The van der Waals surface area contributed by atoms with E-state index >= 15 is 0 Å². The summed E-state index contributed by atoms with van der Waals surface area (Å²) < 4.78 is 0. The minimum Gasteiger partial charge on any atom is -0.343 e. The molecule has 0 atom stereocenters. The van der Waals surface area contributed by atoms with E-state index in [1.807, 2.05) is 23.1 Å². The van der Waals surface area contributed by atoms with E-state index in [1.165, 1.54) is 6.42 Å². The van der Waals surface area contributed by atoms with Crippen LogP contribution in [0.25, 0.3) is 0 Å². The van der Waals surface area contributed by atoms with Gasteiger partial charge in [0.25, 0.3) is 0 Å². The highest BCUT2D eigenvalue weighted by Crippen LogP contribution is 2.09. The zero-order valence-electron chi connectivity index (χ0n) is 11.8. The molecule has 1 fully saturated rings. The predicted octanol–water partition coefficient (Wildman–Crippen LogP) is 2.05. The van der Waals surface area contributed by atoms with Gasteiger partial charge >= 0.3 is 0 Å². The van der Waals surface area contributed by atoms with E-state index in [0.29, 0.717) is 25.1 Å². The van der Waals surface area contributed by atoms with Crippen LogP contribution in [0.5, 0.6) is 0 Å². The quantitative estimate of drug-likeness (QED) is 0.834. The van der Waals surface area contributed by atoms with E-state index in [0.717, 1.165) is 31.5 Å². The standard InChI is InChI=1S/C16H21N3O/c17-12-14-5-4-6-15(11-14)13-18-8-7-16(20)19-9-2-1-3-10-19/h4-6,11,18H,1-3,7-10,13H2. The van der Waals surface area contributed by atoms with Gasteiger partial charge in [-0.2, -0.15) is 5.26 Å². The zero-order chi connectivity index (χ0) is 14.2. The lowest BCUT2D eigenvalue weighted by atomic mass is 10.1. The number of carbonyl (C=O) groups is 1. The summed E-state index contributed by atoms with van der Waals surface area (Å²) in [6.07, 6.45) is 4.08. The van der Waals surface area contributed by atoms with Gasteiger partial charge in [-0.1, -0.05) is 12.1 Å². The Morgan fingerprint density at radius 3 is 2.85 bits per heavy atom. The van der Waals surface area contributed by atoms with Crippen LogP contribution in [0.2, 0.25) is 0 Å². The number of nitrogens with zero attached hydrogens (tertiary/aromatic N) is 2. The van der Waals surface area contributed by atoms with Gasteiger partial charge in [-0.15, -0.1) is 0 Å². The highest BCUT2D eigenvalue weighted by atomic mass is 16.2. The molecule has 0 unspecified atom stereocenters. The molecule has 0 bridgehead atoms. The van der Waals surface area contributed by atoms with Crippen molar-refractivity contribution in [3.05, 3.63) is 35.4 Å². The van der Waals surface area contributed by atoms with Crippen molar-refractivity contribution in [2.24, 2.45) is 0 Å². The molecule has 1 aliphatic heterocycles. The highest BCUT2D eigenvalue weighted by molar-refractivity contribution is 5.76. The maximum atomic E-state index is 12.0. The van der Waals surface area contributed by atoms with Crippen molar-refractivity contribution in [2.45, 2.75) is 32.2 Å². The summed E-state index contributed by atoms with van der Waals surface area (Å²) in [5.41, 5.74) is 1.75. The van der Waals surface area contributed by atoms with Gasteiger partial charge in [0.05, 0.1) is 11.6 Å². The van der Waals surface area contributed by atoms with Crippen molar-refractivity contribution < 1.29 is 4.79 Å². The van der Waals surface area contributed by atoms with Gasteiger partial charge in [-0.05, 0) is 37.0 Å². The normalized spacial score (nSPS) is 14.8. The van der Waals surface area contributed by atoms with Crippen LogP contribution in [-0.2, 0) is 11.3 Å². The van der Waals surface area contributed by atoms with Crippen LogP contribution < -0.4 is 5.32 Å². The largest absolute Gasteiger partial charge is 0.343 e. The molecule has 0 aliphatic carbocycles. The molecule has 1 saturated heterocycles. The van der Waals surface area contributed by atoms with Crippen molar-refractivity contribution in [2.75, 3.05) is 19.6 Å². The Morgan fingerprint density at radius 1 is 1.30 bits per heavy atom. The summed E-state index contributed by atoms with van der Waals surface area (Å²) in [5, 5.41) is 12.1. The summed E-state index contributed by atoms with van der Waals surface area (Å²) in [5.74, 6) is 0.253. The van der Waals surface area contributed by atoms with Gasteiger partial charge in [0.15, 0.2) is 0 Å². The second-order valence-electron chi connectivity index (χ2n) is 5.18. The van der Waals surface area contributed by atoms with Crippen LogP contribution >= 0.6 is 0 Å². The molecule has 1 aromatic rings. The smallest absolute Gasteiger partial charge is 0.223 e. The van der Waals surface area contributed by atoms with E-state index < -0.39 is 0 Å². The van der Waals surface area contributed by atoms with Gasteiger partial charge < -0.3 is 10.2 Å². The molecule has 4 heteroatoms. The zero-order valence-corrected chi connectivity index (χ0v) is 11.8. The molecule has 1 N–H and O–H groups in total. The molecule has 1 heterocycles. The van der Waals surface area contributed by atoms with E-state index in [4.69, 9.17) is 5.26 Å². The van der Waals surface area contributed by atoms with E-state index in [-0.39, 0.29) is 5.91 Å². The third kappa shape index (κ3) is 4.36. The topological polar surface area (TPSA) is 56.1 Å². The number of amides is 1. The number of likely N-dealkylation sites (tertiary alicyclic amines) is 1. The molecule has 1 amide bonds. The van der Waals surface area contributed by atoms with Crippen molar-refractivity contribution in [3.63, 3.8) is 0 Å². The van der Waals surface area contributed by atoms with Crippen molar-refractivity contribution >= 4 is 5.91 Å². The first kappa shape index (κ1) is 14.5. The maximum Gasteiger partial charge on any atom is 0.223 e. The predicted molar refractivity (Wildman–Crippen MR) is 77.9 cm³/mol. The number of piperidine rings is 1. The SMILES string of the molecule is N#Cc1cccc(CNCCC(=O)N2CCCCC2)c1. The molecule has 0 saturated carbocycles. The van der Waals surface area contributed by atoms with E-state index in [1.54, 1.807) is 6.07 Å². The lowest BCUT2D eigenvalue weighted by Gasteiger charge is -2.26. The van der Waals surface area contributed by atoms with Gasteiger partial charge in [-0.25, -0.2) is 0 Å². The van der Waals surface area contributed by atoms with Crippen molar-refractivity contribution in [1.29, 1.82) is 5.26 Å². The molecule has 1 aromatic carbocycles. The molecule has 0 aromatic heterocycles. The fourth-order valence-corrected chi connectivity index (χ4v) is 2.48. The lowest BCUT2D eigenvalue weighted by Crippen LogP contribution is -2.37. The molecule has 4 nitrogen and oxygen atoms in total. The van der Waals surface area contributed by atoms with Gasteiger partial charge in [0.1, 0.15) is 0 Å². The number of hydrogen-bond acceptors (Lipinski definition) is 3. The Kier molecular flexibility index (Phi) is 5.57. The molecule has 0 radical (unpaired) electrons. The first-order chi connectivity index (χ1) is 9.79. The van der Waals surface area contributed by atoms with Crippen LogP contribution in [0.4, 0.5) is 0 Å². The second kappa shape index (κ2) is 7.66. The third-order valence-electron chi connectivity index (χ3n) is 3.61. The van der Waals surface area contributed by atoms with E-state index in [9.17, 15) is 4.79 Å². The Hall–Kier alpha value is -1.86. The first-order valence-electron chi connectivity index (χ1n) is 7.27. The average molecular weight is 271 g/mol. The van der Waals surface area contributed by atoms with Crippen LogP contribution in [-0.4, -0.2) is 30.4 Å². The molecule has 1 aliphatic rings. The highest BCUT2D eigenvalue weighted by Gasteiger charge is 2.15. The summed E-state index contributed by atoms with van der Waals surface area (Å²) in [6, 6.07) is 9.67. The van der Waals surface area contributed by atoms with Gasteiger partial charge in [0, 0.05) is 32.6 Å². The molecular weight excluding hydrogens is 250 g/mol. The van der Waals surface area contributed by atoms with Crippen LogP contribution in [0.3, 0.4) is 0 Å². The Balaban J connectivity index is 1.68. The van der Waals surface area contributed by atoms with Crippen LogP contribution in [0, 0.1) is 11.3 Å². The molecule has 106 valence electrons. The number of hydrogen-bond donors (Lipinski definition) is 1. The average Bonchev–Trinajstić information content (AvgIpc) is 2.52. The second-order valence-corrected chi connectivity index (χ2v) is 5.18. The molecule has 2 rings (SSSR count). The number of benzene rings is 1. The summed E-state index contributed by atoms with van der Waals surface area (Å²) >= 11 is 0. The summed E-state index contributed by atoms with van der Waals surface area (Å²) in [4.78, 5) is 13.9. The fourth-order valence-electron chi connectivity index (χ4n) is 2.48. The Morgan fingerprint density at radius 2 is 2.10 bits per heavy atom. The van der Waals surface area contributed by atoms with E-state index in [2.05, 4.69) is 11.4 Å². The van der Waals surface area contributed by atoms with Crippen molar-refractivity contribution in [1.82, 2.24) is 10.2 Å². The third-order valence-corrected chi connectivity index (χ3v) is 3.61. The Labute approximate surface area is 120 Å². The molecule has 0 spiro atoms. The fraction of sp³-hybridized carbons (Fsp3) is 0.500. The Bertz CT molecular complexity index is 487. The van der Waals surface area contributed by atoms with Crippen molar-refractivity contribution in [3.8, 4) is 6.07 Å².